The van der Waals surface area contributed by atoms with Crippen LogP contribution in [0.2, 0.25) is 0 Å². The van der Waals surface area contributed by atoms with Crippen molar-refractivity contribution in [2.45, 2.75) is 57.7 Å². The summed E-state index contributed by atoms with van der Waals surface area (Å²) < 4.78 is 30.9. The van der Waals surface area contributed by atoms with E-state index in [0.717, 1.165) is 47.6 Å². The molecule has 0 aromatic heterocycles. The Labute approximate surface area is 178 Å². The molecule has 1 aliphatic carbocycles. The average Bonchev–Trinajstić information content (AvgIpc) is 3.18. The Hall–Kier alpha value is -2.13. The number of carbonyl (C=O) groups excluding carboxylic acids is 2. The summed E-state index contributed by atoms with van der Waals surface area (Å²) >= 11 is 0. The summed E-state index contributed by atoms with van der Waals surface area (Å²) in [5.41, 5.74) is -0.445. The molecule has 9 heteroatoms. The van der Waals surface area contributed by atoms with Crippen LogP contribution in [0.15, 0.2) is 24.3 Å². The van der Waals surface area contributed by atoms with E-state index in [2.05, 4.69) is 5.32 Å². The zero-order valence-corrected chi connectivity index (χ0v) is 18.7. The second-order valence-electron chi connectivity index (χ2n) is 8.32. The molecule has 1 heterocycles. The predicted octanol–water partition coefficient (Wildman–Crippen LogP) is 1.51. The van der Waals surface area contributed by atoms with Gasteiger partial charge in [0.15, 0.2) is 0 Å². The maximum Gasteiger partial charge on any atom is 0.247 e. The number of ether oxygens (including phenoxy) is 1. The van der Waals surface area contributed by atoms with Gasteiger partial charge in [-0.05, 0) is 44.4 Å². The van der Waals surface area contributed by atoms with Crippen LogP contribution in [0, 0.1) is 0 Å². The lowest BCUT2D eigenvalue weighted by Gasteiger charge is -2.47. The average molecular weight is 438 g/mol. The fourth-order valence-corrected chi connectivity index (χ4v) is 4.97. The van der Waals surface area contributed by atoms with Crippen LogP contribution in [0.1, 0.15) is 45.1 Å². The first-order valence-electron chi connectivity index (χ1n) is 10.4. The molecule has 3 rings (SSSR count). The van der Waals surface area contributed by atoms with E-state index in [1.807, 2.05) is 31.2 Å². The zero-order valence-electron chi connectivity index (χ0n) is 17.9. The maximum atomic E-state index is 13.3. The summed E-state index contributed by atoms with van der Waals surface area (Å²) in [6.07, 6.45) is 5.00. The first-order valence-corrected chi connectivity index (χ1v) is 12.3. The lowest BCUT2D eigenvalue weighted by molar-refractivity contribution is -0.154. The standard InChI is InChI=1S/C21H31N3O5S/c1-4-29-18-11-9-16(10-12-18)13-24-19(25)14-23(30(3,27)28)15-21(24,2)20(26)22-17-7-5-6-8-17/h9-12,17H,4-8,13-15H2,1-3H3,(H,22,26)/t21-/m0/s1. The van der Waals surface area contributed by atoms with Crippen molar-refractivity contribution in [3.63, 3.8) is 0 Å². The number of rotatable bonds is 7. The van der Waals surface area contributed by atoms with E-state index in [1.165, 1.54) is 4.90 Å². The van der Waals surface area contributed by atoms with Gasteiger partial charge in [-0.1, -0.05) is 25.0 Å². The molecule has 1 aliphatic heterocycles. The fraction of sp³-hybridized carbons (Fsp3) is 0.619. The van der Waals surface area contributed by atoms with Crippen LogP contribution < -0.4 is 10.1 Å². The first-order chi connectivity index (χ1) is 14.1. The second-order valence-corrected chi connectivity index (χ2v) is 10.3. The molecule has 1 N–H and O–H groups in total. The number of hydrogen-bond acceptors (Lipinski definition) is 5. The van der Waals surface area contributed by atoms with Gasteiger partial charge >= 0.3 is 0 Å². The van der Waals surface area contributed by atoms with Crippen LogP contribution in [0.5, 0.6) is 5.75 Å². The molecule has 2 fully saturated rings. The summed E-state index contributed by atoms with van der Waals surface area (Å²) in [5, 5.41) is 3.05. The van der Waals surface area contributed by atoms with Gasteiger partial charge < -0.3 is 15.0 Å². The quantitative estimate of drug-likeness (QED) is 0.698. The minimum Gasteiger partial charge on any atom is -0.494 e. The fourth-order valence-electron chi connectivity index (χ4n) is 4.14. The normalized spacial score (nSPS) is 23.6. The Balaban J connectivity index is 1.86. The maximum absolute atomic E-state index is 13.3. The molecule has 1 saturated heterocycles. The number of benzene rings is 1. The van der Waals surface area contributed by atoms with Crippen molar-refractivity contribution in [1.82, 2.24) is 14.5 Å². The highest BCUT2D eigenvalue weighted by Crippen LogP contribution is 2.28. The molecule has 166 valence electrons. The number of hydrogen-bond donors (Lipinski definition) is 1. The Morgan fingerprint density at radius 3 is 2.43 bits per heavy atom. The van der Waals surface area contributed by atoms with Gasteiger partial charge in [-0.2, -0.15) is 4.31 Å². The smallest absolute Gasteiger partial charge is 0.247 e. The summed E-state index contributed by atoms with van der Waals surface area (Å²) in [6.45, 7) is 4.01. The van der Waals surface area contributed by atoms with Crippen molar-refractivity contribution in [2.75, 3.05) is 26.0 Å². The molecular formula is C21H31N3O5S. The molecule has 30 heavy (non-hydrogen) atoms. The molecule has 0 spiro atoms. The van der Waals surface area contributed by atoms with Crippen LogP contribution in [0.25, 0.3) is 0 Å². The molecule has 2 amide bonds. The molecule has 1 aromatic carbocycles. The summed E-state index contributed by atoms with van der Waals surface area (Å²) in [6, 6.07) is 7.44. The molecule has 8 nitrogen and oxygen atoms in total. The Kier molecular flexibility index (Phi) is 6.71. The lowest BCUT2D eigenvalue weighted by Crippen LogP contribution is -2.69. The molecular weight excluding hydrogens is 406 g/mol. The van der Waals surface area contributed by atoms with Crippen LogP contribution >= 0.6 is 0 Å². The first kappa shape index (κ1) is 22.6. The summed E-state index contributed by atoms with van der Waals surface area (Å²) in [7, 11) is -3.61. The number of sulfonamides is 1. The highest BCUT2D eigenvalue weighted by atomic mass is 32.2. The minimum absolute atomic E-state index is 0.0623. The zero-order chi connectivity index (χ0) is 21.9. The summed E-state index contributed by atoms with van der Waals surface area (Å²) in [4.78, 5) is 27.8. The van der Waals surface area contributed by atoms with E-state index in [-0.39, 0.29) is 37.5 Å². The Morgan fingerprint density at radius 1 is 1.23 bits per heavy atom. The molecule has 0 bridgehead atoms. The number of piperazine rings is 1. The summed E-state index contributed by atoms with van der Waals surface area (Å²) in [5.74, 6) is 0.0443. The van der Waals surface area contributed by atoms with E-state index in [0.29, 0.717) is 6.61 Å². The molecule has 1 aromatic rings. The van der Waals surface area contributed by atoms with Crippen LogP contribution in [0.4, 0.5) is 0 Å². The number of amides is 2. The predicted molar refractivity (Wildman–Crippen MR) is 113 cm³/mol. The van der Waals surface area contributed by atoms with Crippen molar-refractivity contribution in [3.05, 3.63) is 29.8 Å². The Bertz CT molecular complexity index is 880. The van der Waals surface area contributed by atoms with Crippen molar-refractivity contribution in [1.29, 1.82) is 0 Å². The van der Waals surface area contributed by atoms with E-state index < -0.39 is 15.6 Å². The van der Waals surface area contributed by atoms with Gasteiger partial charge in [0.25, 0.3) is 0 Å². The molecule has 1 atom stereocenters. The highest BCUT2D eigenvalue weighted by Gasteiger charge is 2.49. The molecule has 2 aliphatic rings. The largest absolute Gasteiger partial charge is 0.494 e. The monoisotopic (exact) mass is 437 g/mol. The van der Waals surface area contributed by atoms with Gasteiger partial charge in [0.2, 0.25) is 21.8 Å². The van der Waals surface area contributed by atoms with Crippen molar-refractivity contribution < 1.29 is 22.7 Å². The number of nitrogens with one attached hydrogen (secondary N) is 1. The van der Waals surface area contributed by atoms with Crippen LogP contribution in [-0.2, 0) is 26.2 Å². The van der Waals surface area contributed by atoms with Crippen molar-refractivity contribution in [2.24, 2.45) is 0 Å². The third-order valence-electron chi connectivity index (χ3n) is 5.92. The molecule has 0 unspecified atom stereocenters. The van der Waals surface area contributed by atoms with Crippen LogP contribution in [0.3, 0.4) is 0 Å². The third-order valence-corrected chi connectivity index (χ3v) is 7.11. The van der Waals surface area contributed by atoms with Gasteiger partial charge in [0.1, 0.15) is 11.3 Å². The van der Waals surface area contributed by atoms with Crippen molar-refractivity contribution >= 4 is 21.8 Å². The van der Waals surface area contributed by atoms with Gasteiger partial charge in [-0.25, -0.2) is 8.42 Å². The van der Waals surface area contributed by atoms with Crippen molar-refractivity contribution in [3.8, 4) is 5.75 Å². The van der Waals surface area contributed by atoms with Gasteiger partial charge in [0.05, 0.1) is 19.4 Å². The molecule has 0 radical (unpaired) electrons. The van der Waals surface area contributed by atoms with E-state index in [1.54, 1.807) is 6.92 Å². The van der Waals surface area contributed by atoms with E-state index >= 15 is 0 Å². The second kappa shape index (κ2) is 8.93. The van der Waals surface area contributed by atoms with E-state index in [9.17, 15) is 18.0 Å². The Morgan fingerprint density at radius 2 is 1.87 bits per heavy atom. The van der Waals surface area contributed by atoms with E-state index in [4.69, 9.17) is 4.74 Å². The minimum atomic E-state index is -3.61. The third kappa shape index (κ3) is 4.95. The highest BCUT2D eigenvalue weighted by molar-refractivity contribution is 7.88. The number of carbonyl (C=O) groups is 2. The van der Waals surface area contributed by atoms with Gasteiger partial charge in [-0.15, -0.1) is 0 Å². The molecule has 1 saturated carbocycles. The van der Waals surface area contributed by atoms with Gasteiger partial charge in [-0.3, -0.25) is 9.59 Å². The lowest BCUT2D eigenvalue weighted by atomic mass is 9.94. The topological polar surface area (TPSA) is 96.0 Å². The SMILES string of the molecule is CCOc1ccc(CN2C(=O)CN(S(C)(=O)=O)C[C@@]2(C)C(=O)NC2CCCC2)cc1. The van der Waals surface area contributed by atoms with Gasteiger partial charge in [0, 0.05) is 19.1 Å². The number of nitrogens with zero attached hydrogens (tertiary/aromatic N) is 2. The van der Waals surface area contributed by atoms with Crippen LogP contribution in [-0.4, -0.2) is 67.0 Å².